The van der Waals surface area contributed by atoms with Gasteiger partial charge < -0.3 is 9.84 Å². The predicted octanol–water partition coefficient (Wildman–Crippen LogP) is 4.58. The van der Waals surface area contributed by atoms with E-state index in [9.17, 15) is 13.2 Å². The quantitative estimate of drug-likeness (QED) is 0.607. The molecule has 1 amide bonds. The highest BCUT2D eigenvalue weighted by molar-refractivity contribution is 7.91. The van der Waals surface area contributed by atoms with Crippen molar-refractivity contribution >= 4 is 44.8 Å². The molecule has 9 heteroatoms. The highest BCUT2D eigenvalue weighted by Crippen LogP contribution is 2.30. The van der Waals surface area contributed by atoms with Crippen molar-refractivity contribution in [2.45, 2.75) is 17.9 Å². The Labute approximate surface area is 172 Å². The minimum Gasteiger partial charge on any atom is -0.360 e. The van der Waals surface area contributed by atoms with Crippen LogP contribution in [-0.2, 0) is 20.4 Å². The first-order valence-electron chi connectivity index (χ1n) is 8.21. The first-order chi connectivity index (χ1) is 13.3. The molecule has 0 spiro atoms. The van der Waals surface area contributed by atoms with Crippen molar-refractivity contribution in [1.29, 1.82) is 0 Å². The maximum Gasteiger partial charge on any atom is 0.248 e. The van der Waals surface area contributed by atoms with E-state index in [1.807, 2.05) is 0 Å². The van der Waals surface area contributed by atoms with Crippen molar-refractivity contribution in [3.63, 3.8) is 0 Å². The third kappa shape index (κ3) is 4.73. The van der Waals surface area contributed by atoms with Crippen LogP contribution in [0.1, 0.15) is 22.1 Å². The molecule has 0 saturated heterocycles. The zero-order valence-electron chi connectivity index (χ0n) is 14.7. The number of amides is 1. The van der Waals surface area contributed by atoms with Crippen molar-refractivity contribution in [3.8, 4) is 0 Å². The molecule has 3 rings (SSSR count). The minimum absolute atomic E-state index is 0.142. The molecule has 0 aliphatic carbocycles. The van der Waals surface area contributed by atoms with Gasteiger partial charge in [0.1, 0.15) is 5.76 Å². The number of halogens is 2. The fourth-order valence-electron chi connectivity index (χ4n) is 2.71. The summed E-state index contributed by atoms with van der Waals surface area (Å²) in [6.45, 7) is 1.66. The second-order valence-corrected chi connectivity index (χ2v) is 9.08. The first kappa shape index (κ1) is 20.4. The molecule has 2 aromatic carbocycles. The Kier molecular flexibility index (Phi) is 6.07. The number of benzene rings is 2. The summed E-state index contributed by atoms with van der Waals surface area (Å²) < 4.78 is 31.3. The lowest BCUT2D eigenvalue weighted by atomic mass is 10.1. The normalized spacial score (nSPS) is 12.5. The van der Waals surface area contributed by atoms with Crippen LogP contribution in [0.3, 0.4) is 0 Å². The van der Waals surface area contributed by atoms with Crippen LogP contribution in [0.2, 0.25) is 10.0 Å². The van der Waals surface area contributed by atoms with Crippen LogP contribution < -0.4 is 5.32 Å². The summed E-state index contributed by atoms with van der Waals surface area (Å²) >= 11 is 12.0. The summed E-state index contributed by atoms with van der Waals surface area (Å²) in [5, 5.41) is 5.35. The monoisotopic (exact) mass is 438 g/mol. The molecule has 0 aliphatic heterocycles. The van der Waals surface area contributed by atoms with Gasteiger partial charge in [-0.05, 0) is 30.2 Å². The molecule has 28 heavy (non-hydrogen) atoms. The molecule has 0 fully saturated rings. The number of carbonyl (C=O) groups is 1. The summed E-state index contributed by atoms with van der Waals surface area (Å²) in [5.74, 6) is -0.525. The van der Waals surface area contributed by atoms with Gasteiger partial charge in [-0.25, -0.2) is 8.42 Å². The van der Waals surface area contributed by atoms with Gasteiger partial charge in [0.05, 0.1) is 5.75 Å². The van der Waals surface area contributed by atoms with E-state index in [2.05, 4.69) is 10.5 Å². The SMILES string of the molecule is Cc1cc(NC(=O)C(c2ccccc2)S(=O)(=O)Cc2ccc(Cl)cc2Cl)no1. The summed E-state index contributed by atoms with van der Waals surface area (Å²) in [6, 6.07) is 14.3. The van der Waals surface area contributed by atoms with Crippen LogP contribution in [0.15, 0.2) is 59.1 Å². The molecule has 6 nitrogen and oxygen atoms in total. The number of hydrogen-bond acceptors (Lipinski definition) is 5. The van der Waals surface area contributed by atoms with Crippen molar-refractivity contribution in [2.75, 3.05) is 5.32 Å². The minimum atomic E-state index is -3.97. The molecule has 3 aromatic rings. The molecule has 1 unspecified atom stereocenters. The lowest BCUT2D eigenvalue weighted by Gasteiger charge is -2.18. The number of anilines is 1. The Bertz CT molecular complexity index is 1100. The number of hydrogen-bond donors (Lipinski definition) is 1. The van der Waals surface area contributed by atoms with E-state index >= 15 is 0 Å². The molecule has 1 heterocycles. The number of carbonyl (C=O) groups excluding carboxylic acids is 1. The van der Waals surface area contributed by atoms with Crippen molar-refractivity contribution in [1.82, 2.24) is 5.16 Å². The van der Waals surface area contributed by atoms with Crippen LogP contribution in [0.5, 0.6) is 0 Å². The Morgan fingerprint density at radius 3 is 2.46 bits per heavy atom. The molecular weight excluding hydrogens is 423 g/mol. The fourth-order valence-corrected chi connectivity index (χ4v) is 5.07. The predicted molar refractivity (Wildman–Crippen MR) is 108 cm³/mol. The molecule has 1 aromatic heterocycles. The molecular formula is C19H16Cl2N2O4S. The molecule has 146 valence electrons. The molecule has 0 radical (unpaired) electrons. The maximum atomic E-state index is 13.2. The number of nitrogens with zero attached hydrogens (tertiary/aromatic N) is 1. The van der Waals surface area contributed by atoms with E-state index in [-0.39, 0.29) is 10.8 Å². The van der Waals surface area contributed by atoms with E-state index in [0.29, 0.717) is 21.9 Å². The van der Waals surface area contributed by atoms with Gasteiger partial charge >= 0.3 is 0 Å². The van der Waals surface area contributed by atoms with Gasteiger partial charge in [-0.1, -0.05) is 64.8 Å². The van der Waals surface area contributed by atoms with E-state index in [1.165, 1.54) is 18.2 Å². The number of aryl methyl sites for hydroxylation is 1. The number of aromatic nitrogens is 1. The standard InChI is InChI=1S/C19H16Cl2N2O4S/c1-12-9-17(23-27-12)22-19(24)18(13-5-3-2-4-6-13)28(25,26)11-14-7-8-15(20)10-16(14)21/h2-10,18H,11H2,1H3,(H,22,23,24). The molecule has 1 N–H and O–H groups in total. The fraction of sp³-hybridized carbons (Fsp3) is 0.158. The van der Waals surface area contributed by atoms with Crippen LogP contribution in [0, 0.1) is 6.92 Å². The van der Waals surface area contributed by atoms with Crippen LogP contribution >= 0.6 is 23.2 Å². The van der Waals surface area contributed by atoms with Crippen LogP contribution in [0.4, 0.5) is 5.82 Å². The van der Waals surface area contributed by atoms with E-state index < -0.39 is 26.7 Å². The zero-order chi connectivity index (χ0) is 20.3. The third-order valence-corrected chi connectivity index (χ3v) is 6.46. The summed E-state index contributed by atoms with van der Waals surface area (Å²) in [7, 11) is -3.97. The Balaban J connectivity index is 1.96. The second kappa shape index (κ2) is 8.34. The summed E-state index contributed by atoms with van der Waals surface area (Å²) in [5.41, 5.74) is 0.697. The van der Waals surface area contributed by atoms with Gasteiger partial charge in [0.25, 0.3) is 0 Å². The van der Waals surface area contributed by atoms with E-state index in [1.54, 1.807) is 43.3 Å². The molecule has 1 atom stereocenters. The number of nitrogens with one attached hydrogen (secondary N) is 1. The van der Waals surface area contributed by atoms with E-state index in [0.717, 1.165) is 0 Å². The van der Waals surface area contributed by atoms with Gasteiger partial charge in [0, 0.05) is 16.1 Å². The molecule has 0 bridgehead atoms. The van der Waals surface area contributed by atoms with Crippen molar-refractivity contribution < 1.29 is 17.7 Å². The van der Waals surface area contributed by atoms with Crippen molar-refractivity contribution in [2.24, 2.45) is 0 Å². The lowest BCUT2D eigenvalue weighted by molar-refractivity contribution is -0.116. The number of sulfone groups is 1. The van der Waals surface area contributed by atoms with Crippen LogP contribution in [-0.4, -0.2) is 19.5 Å². The van der Waals surface area contributed by atoms with Crippen molar-refractivity contribution in [3.05, 3.63) is 81.5 Å². The lowest BCUT2D eigenvalue weighted by Crippen LogP contribution is -2.29. The number of rotatable bonds is 6. The van der Waals surface area contributed by atoms with Gasteiger partial charge in [0.2, 0.25) is 5.91 Å². The average molecular weight is 439 g/mol. The highest BCUT2D eigenvalue weighted by Gasteiger charge is 2.35. The maximum absolute atomic E-state index is 13.2. The summed E-state index contributed by atoms with van der Waals surface area (Å²) in [6.07, 6.45) is 0. The smallest absolute Gasteiger partial charge is 0.248 e. The van der Waals surface area contributed by atoms with Gasteiger partial charge in [0.15, 0.2) is 20.9 Å². The Morgan fingerprint density at radius 1 is 1.14 bits per heavy atom. The largest absolute Gasteiger partial charge is 0.360 e. The van der Waals surface area contributed by atoms with Gasteiger partial charge in [-0.15, -0.1) is 0 Å². The Hall–Kier alpha value is -2.35. The summed E-state index contributed by atoms with van der Waals surface area (Å²) in [4.78, 5) is 12.9. The van der Waals surface area contributed by atoms with Gasteiger partial charge in [-0.2, -0.15) is 0 Å². The van der Waals surface area contributed by atoms with Crippen LogP contribution in [0.25, 0.3) is 0 Å². The topological polar surface area (TPSA) is 89.3 Å². The second-order valence-electron chi connectivity index (χ2n) is 6.15. The molecule has 0 aliphatic rings. The Morgan fingerprint density at radius 2 is 1.86 bits per heavy atom. The van der Waals surface area contributed by atoms with Gasteiger partial charge in [-0.3, -0.25) is 4.79 Å². The highest BCUT2D eigenvalue weighted by atomic mass is 35.5. The van der Waals surface area contributed by atoms with E-state index in [4.69, 9.17) is 27.7 Å². The third-order valence-electron chi connectivity index (χ3n) is 3.95. The molecule has 0 saturated carbocycles. The zero-order valence-corrected chi connectivity index (χ0v) is 17.1. The average Bonchev–Trinajstić information content (AvgIpc) is 3.03. The first-order valence-corrected chi connectivity index (χ1v) is 10.7.